The Kier molecular flexibility index (Phi) is 8.24. The summed E-state index contributed by atoms with van der Waals surface area (Å²) in [6.45, 7) is 5.58. The minimum atomic E-state index is -1.63. The van der Waals surface area contributed by atoms with Crippen LogP contribution in [0.3, 0.4) is 0 Å². The van der Waals surface area contributed by atoms with Crippen molar-refractivity contribution in [1.29, 1.82) is 0 Å². The monoisotopic (exact) mass is 439 g/mol. The smallest absolute Gasteiger partial charge is 0.323 e. The van der Waals surface area contributed by atoms with E-state index in [1.54, 1.807) is 13.8 Å². The van der Waals surface area contributed by atoms with Crippen molar-refractivity contribution in [2.24, 2.45) is 11.1 Å². The summed E-state index contributed by atoms with van der Waals surface area (Å²) in [5.41, 5.74) is 3.74. The normalized spacial score (nSPS) is 20.9. The van der Waals surface area contributed by atoms with Gasteiger partial charge in [-0.2, -0.15) is 0 Å². The fourth-order valence-corrected chi connectivity index (χ4v) is 3.50. The summed E-state index contributed by atoms with van der Waals surface area (Å²) < 4.78 is 30.9. The molecule has 1 amide bonds. The second-order valence-electron chi connectivity index (χ2n) is 8.00. The topological polar surface area (TPSA) is 125 Å². The third-order valence-electron chi connectivity index (χ3n) is 5.27. The number of carboxylic acids is 1. The molecule has 0 aliphatic heterocycles. The molecule has 0 atom stereocenters. The van der Waals surface area contributed by atoms with Crippen LogP contribution in [0.15, 0.2) is 12.1 Å². The maximum absolute atomic E-state index is 14.6. The molecule has 0 spiro atoms. The zero-order valence-electron chi connectivity index (χ0n) is 18.1. The molecule has 0 unspecified atom stereocenters. The fraction of sp³-hybridized carbons (Fsp3) is 0.591. The van der Waals surface area contributed by atoms with E-state index in [0.29, 0.717) is 6.42 Å². The molecule has 1 saturated carbocycles. The molecule has 9 heteroatoms. The number of carboxylic acid groups (broad SMARTS) is 1. The van der Waals surface area contributed by atoms with E-state index in [1.165, 1.54) is 6.07 Å². The lowest BCUT2D eigenvalue weighted by Crippen LogP contribution is -2.45. The van der Waals surface area contributed by atoms with Crippen LogP contribution < -0.4 is 15.2 Å². The molecule has 31 heavy (non-hydrogen) atoms. The molecule has 0 saturated heterocycles. The second kappa shape index (κ2) is 10.5. The Labute approximate surface area is 180 Å². The molecule has 3 N–H and O–H groups in total. The van der Waals surface area contributed by atoms with Crippen molar-refractivity contribution in [3.63, 3.8) is 0 Å². The lowest BCUT2D eigenvalue weighted by Gasteiger charge is -2.35. The van der Waals surface area contributed by atoms with E-state index in [9.17, 15) is 23.9 Å². The lowest BCUT2D eigenvalue weighted by molar-refractivity contribution is -0.172. The van der Waals surface area contributed by atoms with Crippen molar-refractivity contribution < 1.29 is 38.1 Å². The van der Waals surface area contributed by atoms with Crippen LogP contribution in [0.2, 0.25) is 0 Å². The summed E-state index contributed by atoms with van der Waals surface area (Å²) in [5, 5.41) is 9.67. The number of unbranched alkanes of at least 4 members (excludes halogenated alkanes) is 1. The molecule has 0 bridgehead atoms. The van der Waals surface area contributed by atoms with Crippen LogP contribution >= 0.6 is 0 Å². The molecule has 1 aromatic rings. The highest BCUT2D eigenvalue weighted by Gasteiger charge is 2.50. The van der Waals surface area contributed by atoms with Gasteiger partial charge in [0.25, 0.3) is 5.91 Å². The van der Waals surface area contributed by atoms with Gasteiger partial charge in [-0.25, -0.2) is 4.39 Å². The van der Waals surface area contributed by atoms with Gasteiger partial charge in [-0.1, -0.05) is 13.3 Å². The molecule has 172 valence electrons. The van der Waals surface area contributed by atoms with E-state index >= 15 is 0 Å². The van der Waals surface area contributed by atoms with E-state index in [2.05, 4.69) is 0 Å². The summed E-state index contributed by atoms with van der Waals surface area (Å²) in [6.07, 6.45) is 1.11. The summed E-state index contributed by atoms with van der Waals surface area (Å²) in [4.78, 5) is 36.0. The number of carbonyl (C=O) groups is 3. The van der Waals surface area contributed by atoms with Gasteiger partial charge in [-0.15, -0.1) is 0 Å². The number of hydrogen-bond donors (Lipinski definition) is 2. The van der Waals surface area contributed by atoms with E-state index in [1.807, 2.05) is 6.92 Å². The summed E-state index contributed by atoms with van der Waals surface area (Å²) >= 11 is 0. The van der Waals surface area contributed by atoms with Crippen LogP contribution in [0.25, 0.3) is 0 Å². The molecule has 2 rings (SSSR count). The van der Waals surface area contributed by atoms with Gasteiger partial charge in [-0.05, 0) is 52.0 Å². The number of benzene rings is 1. The zero-order valence-corrected chi connectivity index (χ0v) is 18.1. The first kappa shape index (κ1) is 24.4. The minimum absolute atomic E-state index is 0.0107. The maximum atomic E-state index is 14.6. The SMILES string of the molecule is CCCCOC(=O)C1(C(=O)O)CCC(Oc2cc(C(N)=O)c(OC(C)C)cc2F)CC1. The van der Waals surface area contributed by atoms with Gasteiger partial charge in [-0.3, -0.25) is 14.4 Å². The first-order chi connectivity index (χ1) is 14.6. The standard InChI is InChI=1S/C22H30FNO7/c1-4-5-10-29-21(28)22(20(26)27)8-6-14(7-9-22)31-18-11-15(19(24)25)17(12-16(18)23)30-13(2)3/h11-14H,4-10H2,1-3H3,(H2,24,25)(H,26,27). The molecule has 1 aliphatic rings. The minimum Gasteiger partial charge on any atom is -0.490 e. The Bertz CT molecular complexity index is 816. The number of ether oxygens (including phenoxy) is 3. The van der Waals surface area contributed by atoms with Crippen molar-refractivity contribution >= 4 is 17.8 Å². The van der Waals surface area contributed by atoms with Gasteiger partial charge < -0.3 is 25.1 Å². The molecule has 0 aromatic heterocycles. The molecule has 8 nitrogen and oxygen atoms in total. The van der Waals surface area contributed by atoms with Crippen LogP contribution in [0.4, 0.5) is 4.39 Å². The molecule has 1 aromatic carbocycles. The largest absolute Gasteiger partial charge is 0.490 e. The third kappa shape index (κ3) is 5.86. The predicted octanol–water partition coefficient (Wildman–Crippen LogP) is 3.45. The van der Waals surface area contributed by atoms with Crippen molar-refractivity contribution in [3.8, 4) is 11.5 Å². The number of primary amides is 1. The Balaban J connectivity index is 2.12. The van der Waals surface area contributed by atoms with Gasteiger partial charge in [0.2, 0.25) is 0 Å². The Morgan fingerprint density at radius 3 is 2.39 bits per heavy atom. The lowest BCUT2D eigenvalue weighted by atomic mass is 9.73. The molecule has 1 fully saturated rings. The highest BCUT2D eigenvalue weighted by atomic mass is 19.1. The van der Waals surface area contributed by atoms with Crippen molar-refractivity contribution in [2.75, 3.05) is 6.61 Å². The van der Waals surface area contributed by atoms with Crippen LogP contribution in [0, 0.1) is 11.2 Å². The Hall–Kier alpha value is -2.84. The number of hydrogen-bond acceptors (Lipinski definition) is 6. The van der Waals surface area contributed by atoms with Crippen LogP contribution in [0.1, 0.15) is 69.7 Å². The number of nitrogens with two attached hydrogens (primary N) is 1. The average molecular weight is 439 g/mol. The molecular weight excluding hydrogens is 409 g/mol. The Morgan fingerprint density at radius 1 is 1.23 bits per heavy atom. The maximum Gasteiger partial charge on any atom is 0.323 e. The first-order valence-corrected chi connectivity index (χ1v) is 10.5. The van der Waals surface area contributed by atoms with Crippen molar-refractivity contribution in [1.82, 2.24) is 0 Å². The first-order valence-electron chi connectivity index (χ1n) is 10.5. The zero-order chi connectivity index (χ0) is 23.2. The van der Waals surface area contributed by atoms with E-state index in [0.717, 1.165) is 12.5 Å². The highest BCUT2D eigenvalue weighted by molar-refractivity contribution is 5.99. The fourth-order valence-electron chi connectivity index (χ4n) is 3.50. The molecule has 0 radical (unpaired) electrons. The highest BCUT2D eigenvalue weighted by Crippen LogP contribution is 2.40. The van der Waals surface area contributed by atoms with Crippen molar-refractivity contribution in [3.05, 3.63) is 23.5 Å². The summed E-state index contributed by atoms with van der Waals surface area (Å²) in [7, 11) is 0. The van der Waals surface area contributed by atoms with E-state index in [-0.39, 0.29) is 55.5 Å². The molecule has 1 aliphatic carbocycles. The van der Waals surface area contributed by atoms with Gasteiger partial charge in [0, 0.05) is 6.07 Å². The van der Waals surface area contributed by atoms with E-state index < -0.39 is 35.2 Å². The second-order valence-corrected chi connectivity index (χ2v) is 8.00. The van der Waals surface area contributed by atoms with Crippen LogP contribution in [-0.2, 0) is 14.3 Å². The molecule has 0 heterocycles. The van der Waals surface area contributed by atoms with Gasteiger partial charge >= 0.3 is 11.9 Å². The number of rotatable bonds is 10. The van der Waals surface area contributed by atoms with E-state index in [4.69, 9.17) is 19.9 Å². The Morgan fingerprint density at radius 2 is 1.87 bits per heavy atom. The quantitative estimate of drug-likeness (QED) is 0.325. The average Bonchev–Trinajstić information content (AvgIpc) is 2.69. The third-order valence-corrected chi connectivity index (χ3v) is 5.27. The van der Waals surface area contributed by atoms with Gasteiger partial charge in [0.05, 0.1) is 24.4 Å². The molecular formula is C22H30FNO7. The number of aliphatic carboxylic acids is 1. The van der Waals surface area contributed by atoms with Gasteiger partial charge in [0.1, 0.15) is 5.75 Å². The van der Waals surface area contributed by atoms with Crippen LogP contribution in [0.5, 0.6) is 11.5 Å². The number of halogens is 1. The predicted molar refractivity (Wildman–Crippen MR) is 110 cm³/mol. The summed E-state index contributed by atoms with van der Waals surface area (Å²) in [6, 6.07) is 2.23. The van der Waals surface area contributed by atoms with Gasteiger partial charge in [0.15, 0.2) is 17.0 Å². The number of amides is 1. The van der Waals surface area contributed by atoms with Crippen LogP contribution in [-0.4, -0.2) is 41.8 Å². The summed E-state index contributed by atoms with van der Waals surface area (Å²) in [5.74, 6) is -3.65. The number of carbonyl (C=O) groups excluding carboxylic acids is 2. The van der Waals surface area contributed by atoms with Crippen molar-refractivity contribution in [2.45, 2.75) is 71.5 Å². The number of esters is 1.